The van der Waals surface area contributed by atoms with Gasteiger partial charge in [0.25, 0.3) is 0 Å². The van der Waals surface area contributed by atoms with Crippen molar-refractivity contribution in [3.05, 3.63) is 29.6 Å². The van der Waals surface area contributed by atoms with Crippen molar-refractivity contribution in [1.29, 1.82) is 0 Å². The van der Waals surface area contributed by atoms with Crippen LogP contribution in [-0.4, -0.2) is 36.1 Å². The highest BCUT2D eigenvalue weighted by Gasteiger charge is 2.07. The van der Waals surface area contributed by atoms with E-state index in [9.17, 15) is 4.39 Å². The van der Waals surface area contributed by atoms with Gasteiger partial charge in [-0.2, -0.15) is 0 Å². The van der Waals surface area contributed by atoms with Gasteiger partial charge < -0.3 is 16.0 Å². The average Bonchev–Trinajstić information content (AvgIpc) is 2.36. The van der Waals surface area contributed by atoms with E-state index in [4.69, 9.17) is 18.0 Å². The lowest BCUT2D eigenvalue weighted by Gasteiger charge is -2.19. The maximum absolute atomic E-state index is 13.1. The average molecular weight is 269 g/mol. The minimum absolute atomic E-state index is 0.208. The van der Waals surface area contributed by atoms with Crippen LogP contribution in [0.2, 0.25) is 0 Å². The Labute approximate surface area is 113 Å². The maximum atomic E-state index is 13.1. The van der Waals surface area contributed by atoms with Crippen LogP contribution in [0.3, 0.4) is 0 Å². The predicted molar refractivity (Wildman–Crippen MR) is 78.6 cm³/mol. The molecule has 3 nitrogen and oxygen atoms in total. The van der Waals surface area contributed by atoms with Crippen LogP contribution in [0.5, 0.6) is 0 Å². The van der Waals surface area contributed by atoms with Crippen molar-refractivity contribution in [2.75, 3.05) is 31.5 Å². The van der Waals surface area contributed by atoms with Crippen LogP contribution in [0.15, 0.2) is 18.2 Å². The molecule has 0 radical (unpaired) electrons. The topological polar surface area (TPSA) is 41.3 Å². The molecule has 0 unspecified atom stereocenters. The Balaban J connectivity index is 2.64. The summed E-state index contributed by atoms with van der Waals surface area (Å²) < 4.78 is 13.1. The van der Waals surface area contributed by atoms with Crippen molar-refractivity contribution in [3.63, 3.8) is 0 Å². The standard InChI is InChI=1S/C13H20FN3S/c1-3-17(4-2)8-7-16-12-6-5-10(14)9-11(12)13(15)18/h5-6,9,16H,3-4,7-8H2,1-2H3,(H2,15,18). The molecule has 3 N–H and O–H groups in total. The number of rotatable bonds is 7. The lowest BCUT2D eigenvalue weighted by molar-refractivity contribution is 0.316. The number of thiocarbonyl (C=S) groups is 1. The van der Waals surface area contributed by atoms with Gasteiger partial charge in [0.15, 0.2) is 0 Å². The number of halogens is 1. The largest absolute Gasteiger partial charge is 0.389 e. The first-order valence-corrected chi connectivity index (χ1v) is 6.54. The Morgan fingerprint density at radius 1 is 1.39 bits per heavy atom. The highest BCUT2D eigenvalue weighted by Crippen LogP contribution is 2.16. The van der Waals surface area contributed by atoms with Gasteiger partial charge in [0.2, 0.25) is 0 Å². The second-order valence-corrected chi connectivity index (χ2v) is 4.45. The highest BCUT2D eigenvalue weighted by molar-refractivity contribution is 7.80. The number of nitrogens with one attached hydrogen (secondary N) is 1. The molecule has 0 fully saturated rings. The summed E-state index contributed by atoms with van der Waals surface area (Å²) in [5.74, 6) is -0.327. The van der Waals surface area contributed by atoms with E-state index in [0.717, 1.165) is 31.9 Å². The van der Waals surface area contributed by atoms with Crippen LogP contribution < -0.4 is 11.1 Å². The third kappa shape index (κ3) is 4.23. The van der Waals surface area contributed by atoms with Crippen molar-refractivity contribution in [3.8, 4) is 0 Å². The number of likely N-dealkylation sites (N-methyl/N-ethyl adjacent to an activating group) is 1. The zero-order valence-corrected chi connectivity index (χ0v) is 11.7. The molecule has 1 rings (SSSR count). The van der Waals surface area contributed by atoms with E-state index < -0.39 is 0 Å². The van der Waals surface area contributed by atoms with E-state index in [0.29, 0.717) is 5.56 Å². The Hall–Kier alpha value is -1.20. The molecule has 0 heterocycles. The molecule has 0 aliphatic rings. The summed E-state index contributed by atoms with van der Waals surface area (Å²) in [5.41, 5.74) is 6.93. The molecular formula is C13H20FN3S. The highest BCUT2D eigenvalue weighted by atomic mass is 32.1. The van der Waals surface area contributed by atoms with Crippen LogP contribution in [-0.2, 0) is 0 Å². The molecule has 1 aromatic carbocycles. The fourth-order valence-electron chi connectivity index (χ4n) is 1.76. The minimum atomic E-state index is -0.327. The Kier molecular flexibility index (Phi) is 6.01. The Morgan fingerprint density at radius 3 is 2.61 bits per heavy atom. The summed E-state index contributed by atoms with van der Waals surface area (Å²) in [6.45, 7) is 8.00. The lowest BCUT2D eigenvalue weighted by atomic mass is 10.1. The van der Waals surface area contributed by atoms with Gasteiger partial charge >= 0.3 is 0 Å². The summed E-state index contributed by atoms with van der Waals surface area (Å²) in [7, 11) is 0. The van der Waals surface area contributed by atoms with Crippen molar-refractivity contribution in [2.45, 2.75) is 13.8 Å². The van der Waals surface area contributed by atoms with E-state index in [1.807, 2.05) is 0 Å². The SMILES string of the molecule is CCN(CC)CCNc1ccc(F)cc1C(N)=S. The molecule has 18 heavy (non-hydrogen) atoms. The van der Waals surface area contributed by atoms with Crippen LogP contribution >= 0.6 is 12.2 Å². The second-order valence-electron chi connectivity index (χ2n) is 4.01. The predicted octanol–water partition coefficient (Wildman–Crippen LogP) is 2.21. The third-order valence-electron chi connectivity index (χ3n) is 2.88. The number of nitrogens with zero attached hydrogens (tertiary/aromatic N) is 1. The zero-order chi connectivity index (χ0) is 13.5. The van der Waals surface area contributed by atoms with E-state index in [1.54, 1.807) is 6.07 Å². The molecule has 0 aliphatic heterocycles. The van der Waals surface area contributed by atoms with E-state index in [1.165, 1.54) is 12.1 Å². The molecule has 5 heteroatoms. The molecule has 0 spiro atoms. The monoisotopic (exact) mass is 269 g/mol. The molecule has 0 amide bonds. The van der Waals surface area contributed by atoms with Gasteiger partial charge in [0.05, 0.1) is 0 Å². The van der Waals surface area contributed by atoms with Gasteiger partial charge in [-0.3, -0.25) is 0 Å². The van der Waals surface area contributed by atoms with Gasteiger partial charge in [-0.05, 0) is 31.3 Å². The van der Waals surface area contributed by atoms with Crippen LogP contribution in [0.1, 0.15) is 19.4 Å². The first-order valence-electron chi connectivity index (χ1n) is 6.14. The molecule has 0 aliphatic carbocycles. The fraction of sp³-hybridized carbons (Fsp3) is 0.462. The molecular weight excluding hydrogens is 249 g/mol. The van der Waals surface area contributed by atoms with Crippen molar-refractivity contribution in [2.24, 2.45) is 5.73 Å². The van der Waals surface area contributed by atoms with Crippen molar-refractivity contribution in [1.82, 2.24) is 4.90 Å². The zero-order valence-electron chi connectivity index (χ0n) is 10.9. The third-order valence-corrected chi connectivity index (χ3v) is 3.10. The van der Waals surface area contributed by atoms with Crippen LogP contribution in [0.25, 0.3) is 0 Å². The Bertz CT molecular complexity index is 405. The fourth-order valence-corrected chi connectivity index (χ4v) is 1.93. The Morgan fingerprint density at radius 2 is 2.06 bits per heavy atom. The van der Waals surface area contributed by atoms with Crippen LogP contribution in [0.4, 0.5) is 10.1 Å². The van der Waals surface area contributed by atoms with Crippen molar-refractivity contribution < 1.29 is 4.39 Å². The van der Waals surface area contributed by atoms with Gasteiger partial charge in [0, 0.05) is 24.3 Å². The number of anilines is 1. The summed E-state index contributed by atoms with van der Waals surface area (Å²) >= 11 is 4.92. The molecule has 100 valence electrons. The minimum Gasteiger partial charge on any atom is -0.389 e. The molecule has 1 aromatic rings. The normalized spacial score (nSPS) is 10.7. The van der Waals surface area contributed by atoms with E-state index in [2.05, 4.69) is 24.1 Å². The molecule has 0 bridgehead atoms. The smallest absolute Gasteiger partial charge is 0.124 e. The number of hydrogen-bond acceptors (Lipinski definition) is 3. The van der Waals surface area contributed by atoms with Crippen LogP contribution in [0, 0.1) is 5.82 Å². The first-order chi connectivity index (χ1) is 8.58. The summed E-state index contributed by atoms with van der Waals surface area (Å²) in [5, 5.41) is 3.25. The summed E-state index contributed by atoms with van der Waals surface area (Å²) in [4.78, 5) is 2.51. The van der Waals surface area contributed by atoms with Gasteiger partial charge in [0.1, 0.15) is 10.8 Å². The maximum Gasteiger partial charge on any atom is 0.124 e. The number of nitrogens with two attached hydrogens (primary N) is 1. The second kappa shape index (κ2) is 7.28. The molecule has 0 saturated heterocycles. The first kappa shape index (κ1) is 14.9. The van der Waals surface area contributed by atoms with E-state index >= 15 is 0 Å². The molecule has 0 aromatic heterocycles. The quantitative estimate of drug-likeness (QED) is 0.745. The van der Waals surface area contributed by atoms with Gasteiger partial charge in [-0.1, -0.05) is 26.1 Å². The van der Waals surface area contributed by atoms with Gasteiger partial charge in [-0.15, -0.1) is 0 Å². The molecule has 0 atom stereocenters. The van der Waals surface area contributed by atoms with E-state index in [-0.39, 0.29) is 10.8 Å². The summed E-state index contributed by atoms with van der Waals surface area (Å²) in [6.07, 6.45) is 0. The van der Waals surface area contributed by atoms with Crippen molar-refractivity contribution >= 4 is 22.9 Å². The summed E-state index contributed by atoms with van der Waals surface area (Å²) in [6, 6.07) is 4.44. The number of hydrogen-bond donors (Lipinski definition) is 2. The lowest BCUT2D eigenvalue weighted by Crippen LogP contribution is -2.29. The van der Waals surface area contributed by atoms with Gasteiger partial charge in [-0.25, -0.2) is 4.39 Å². The number of benzene rings is 1. The molecule has 0 saturated carbocycles.